The average Bonchev–Trinajstić information content (AvgIpc) is 2.85. The molecule has 0 aromatic carbocycles. The third kappa shape index (κ3) is 1.89. The van der Waals surface area contributed by atoms with Crippen molar-refractivity contribution >= 4 is 0 Å². The molecule has 2 saturated heterocycles. The van der Waals surface area contributed by atoms with Crippen LogP contribution in [0.25, 0.3) is 0 Å². The van der Waals surface area contributed by atoms with Crippen molar-refractivity contribution in [1.29, 1.82) is 0 Å². The van der Waals surface area contributed by atoms with Crippen LogP contribution in [0.4, 0.5) is 0 Å². The lowest BCUT2D eigenvalue weighted by atomic mass is 9.94. The number of nitrogens with zero attached hydrogens (tertiary/aromatic N) is 1. The molecule has 88 valence electrons. The number of likely N-dealkylation sites (tertiary alicyclic amines) is 1. The molecule has 2 aliphatic heterocycles. The molecule has 2 fully saturated rings. The molecule has 0 aliphatic carbocycles. The fourth-order valence-electron chi connectivity index (χ4n) is 3.03. The monoisotopic (exact) mass is 220 g/mol. The van der Waals surface area contributed by atoms with E-state index in [9.17, 15) is 0 Å². The van der Waals surface area contributed by atoms with Crippen LogP contribution in [0.15, 0.2) is 16.7 Å². The number of furan rings is 1. The van der Waals surface area contributed by atoms with Gasteiger partial charge in [0.1, 0.15) is 5.76 Å². The van der Waals surface area contributed by atoms with Gasteiger partial charge in [0, 0.05) is 19.1 Å². The van der Waals surface area contributed by atoms with Crippen molar-refractivity contribution in [3.05, 3.63) is 23.7 Å². The van der Waals surface area contributed by atoms with Crippen LogP contribution in [0.1, 0.15) is 24.2 Å². The molecule has 0 saturated carbocycles. The Labute approximate surface area is 96.8 Å². The van der Waals surface area contributed by atoms with Gasteiger partial charge in [-0.05, 0) is 43.9 Å². The molecule has 16 heavy (non-hydrogen) atoms. The van der Waals surface area contributed by atoms with Crippen LogP contribution >= 0.6 is 0 Å². The van der Waals surface area contributed by atoms with Gasteiger partial charge < -0.3 is 9.73 Å². The van der Waals surface area contributed by atoms with Gasteiger partial charge in [-0.25, -0.2) is 0 Å². The fourth-order valence-corrected chi connectivity index (χ4v) is 3.03. The second kappa shape index (κ2) is 4.22. The van der Waals surface area contributed by atoms with Crippen LogP contribution in [0.2, 0.25) is 0 Å². The summed E-state index contributed by atoms with van der Waals surface area (Å²) in [4.78, 5) is 2.53. The summed E-state index contributed by atoms with van der Waals surface area (Å²) < 4.78 is 5.52. The molecule has 0 spiro atoms. The van der Waals surface area contributed by atoms with Gasteiger partial charge in [0.05, 0.1) is 12.8 Å². The normalized spacial score (nSPS) is 30.6. The molecular formula is C13H20N2O. The van der Waals surface area contributed by atoms with Crippen LogP contribution in [0.3, 0.4) is 0 Å². The zero-order valence-corrected chi connectivity index (χ0v) is 9.91. The number of aryl methyl sites for hydroxylation is 1. The van der Waals surface area contributed by atoms with E-state index in [0.29, 0.717) is 0 Å². The van der Waals surface area contributed by atoms with Crippen molar-refractivity contribution in [2.45, 2.75) is 32.4 Å². The lowest BCUT2D eigenvalue weighted by molar-refractivity contribution is 0.283. The van der Waals surface area contributed by atoms with Gasteiger partial charge in [-0.3, -0.25) is 4.90 Å². The summed E-state index contributed by atoms with van der Waals surface area (Å²) in [5.41, 5.74) is 1.28. The van der Waals surface area contributed by atoms with E-state index in [4.69, 9.17) is 4.42 Å². The van der Waals surface area contributed by atoms with Crippen molar-refractivity contribution < 1.29 is 4.42 Å². The first-order valence-electron chi connectivity index (χ1n) is 6.31. The van der Waals surface area contributed by atoms with E-state index in [0.717, 1.165) is 24.3 Å². The van der Waals surface area contributed by atoms with Gasteiger partial charge in [-0.15, -0.1) is 0 Å². The summed E-state index contributed by atoms with van der Waals surface area (Å²) in [6.45, 7) is 6.73. The lowest BCUT2D eigenvalue weighted by Gasteiger charge is -2.24. The molecule has 2 unspecified atom stereocenters. The molecule has 2 aliphatic rings. The van der Waals surface area contributed by atoms with Crippen LogP contribution in [-0.4, -0.2) is 30.6 Å². The Morgan fingerprint density at radius 1 is 1.50 bits per heavy atom. The number of hydrogen-bond acceptors (Lipinski definition) is 3. The maximum absolute atomic E-state index is 5.52. The van der Waals surface area contributed by atoms with E-state index < -0.39 is 0 Å². The van der Waals surface area contributed by atoms with Crippen molar-refractivity contribution in [3.8, 4) is 0 Å². The molecule has 1 aromatic heterocycles. The number of fused-ring (bicyclic) bond motifs is 1. The molecule has 3 rings (SSSR count). The highest BCUT2D eigenvalue weighted by Gasteiger charge is 2.34. The van der Waals surface area contributed by atoms with Gasteiger partial charge in [-0.1, -0.05) is 0 Å². The topological polar surface area (TPSA) is 28.4 Å². The number of rotatable bonds is 2. The minimum Gasteiger partial charge on any atom is -0.468 e. The molecule has 3 heteroatoms. The fraction of sp³-hybridized carbons (Fsp3) is 0.692. The lowest BCUT2D eigenvalue weighted by Crippen LogP contribution is -2.40. The molecule has 3 nitrogen and oxygen atoms in total. The molecule has 1 N–H and O–H groups in total. The Bertz CT molecular complexity index is 347. The third-order valence-corrected chi connectivity index (χ3v) is 4.01. The first-order chi connectivity index (χ1) is 7.83. The molecule has 0 radical (unpaired) electrons. The predicted molar refractivity (Wildman–Crippen MR) is 63.2 cm³/mol. The number of piperidine rings is 1. The number of nitrogens with one attached hydrogen (secondary N) is 1. The zero-order valence-electron chi connectivity index (χ0n) is 9.91. The Kier molecular flexibility index (Phi) is 2.74. The van der Waals surface area contributed by atoms with E-state index in [-0.39, 0.29) is 0 Å². The van der Waals surface area contributed by atoms with Crippen LogP contribution < -0.4 is 5.32 Å². The minimum absolute atomic E-state index is 0.726. The van der Waals surface area contributed by atoms with Gasteiger partial charge in [0.25, 0.3) is 0 Å². The Morgan fingerprint density at radius 3 is 3.19 bits per heavy atom. The standard InChI is InChI=1S/C13H20N2O/c1-10-4-6-16-13(10)9-15-7-11-3-2-5-14-12(11)8-15/h4,6,11-12,14H,2-3,5,7-9H2,1H3. The second-order valence-corrected chi connectivity index (χ2v) is 5.18. The third-order valence-electron chi connectivity index (χ3n) is 4.01. The van der Waals surface area contributed by atoms with Crippen molar-refractivity contribution in [1.82, 2.24) is 10.2 Å². The highest BCUT2D eigenvalue weighted by molar-refractivity contribution is 5.14. The summed E-state index contributed by atoms with van der Waals surface area (Å²) in [6, 6.07) is 2.78. The van der Waals surface area contributed by atoms with E-state index in [2.05, 4.69) is 23.2 Å². The maximum Gasteiger partial charge on any atom is 0.120 e. The smallest absolute Gasteiger partial charge is 0.120 e. The Morgan fingerprint density at radius 2 is 2.44 bits per heavy atom. The van der Waals surface area contributed by atoms with E-state index in [1.807, 2.05) is 0 Å². The zero-order chi connectivity index (χ0) is 11.0. The second-order valence-electron chi connectivity index (χ2n) is 5.18. The molecule has 0 bridgehead atoms. The van der Waals surface area contributed by atoms with Crippen LogP contribution in [-0.2, 0) is 6.54 Å². The molecule has 0 amide bonds. The maximum atomic E-state index is 5.52. The molecule has 2 atom stereocenters. The molecule has 3 heterocycles. The Hall–Kier alpha value is -0.800. The minimum atomic E-state index is 0.726. The predicted octanol–water partition coefficient (Wildman–Crippen LogP) is 1.77. The summed E-state index contributed by atoms with van der Waals surface area (Å²) >= 11 is 0. The van der Waals surface area contributed by atoms with Crippen LogP contribution in [0.5, 0.6) is 0 Å². The first kappa shape index (κ1) is 10.4. The first-order valence-corrected chi connectivity index (χ1v) is 6.31. The summed E-state index contributed by atoms with van der Waals surface area (Å²) in [7, 11) is 0. The van der Waals surface area contributed by atoms with Gasteiger partial charge in [-0.2, -0.15) is 0 Å². The van der Waals surface area contributed by atoms with Crippen molar-refractivity contribution in [2.24, 2.45) is 5.92 Å². The Balaban J connectivity index is 1.63. The van der Waals surface area contributed by atoms with Gasteiger partial charge in [0.2, 0.25) is 0 Å². The molecular weight excluding hydrogens is 200 g/mol. The van der Waals surface area contributed by atoms with E-state index in [1.54, 1.807) is 6.26 Å². The summed E-state index contributed by atoms with van der Waals surface area (Å²) in [5.74, 6) is 2.00. The molecule has 1 aromatic rings. The number of hydrogen-bond donors (Lipinski definition) is 1. The van der Waals surface area contributed by atoms with Gasteiger partial charge >= 0.3 is 0 Å². The van der Waals surface area contributed by atoms with Crippen molar-refractivity contribution in [3.63, 3.8) is 0 Å². The quantitative estimate of drug-likeness (QED) is 0.823. The van der Waals surface area contributed by atoms with Crippen molar-refractivity contribution in [2.75, 3.05) is 19.6 Å². The summed E-state index contributed by atoms with van der Waals surface area (Å²) in [6.07, 6.45) is 4.53. The van der Waals surface area contributed by atoms with E-state index in [1.165, 1.54) is 38.0 Å². The average molecular weight is 220 g/mol. The summed E-state index contributed by atoms with van der Waals surface area (Å²) in [5, 5.41) is 3.63. The van der Waals surface area contributed by atoms with Gasteiger partial charge in [0.15, 0.2) is 0 Å². The highest BCUT2D eigenvalue weighted by Crippen LogP contribution is 2.26. The van der Waals surface area contributed by atoms with Crippen LogP contribution in [0, 0.1) is 12.8 Å². The highest BCUT2D eigenvalue weighted by atomic mass is 16.3. The van der Waals surface area contributed by atoms with E-state index >= 15 is 0 Å². The largest absolute Gasteiger partial charge is 0.468 e. The SMILES string of the molecule is Cc1ccoc1CN1CC2CCCNC2C1.